The van der Waals surface area contributed by atoms with Gasteiger partial charge in [-0.05, 0) is 6.42 Å². The second kappa shape index (κ2) is 5.67. The smallest absolute Gasteiger partial charge is 0.236 e. The van der Waals surface area contributed by atoms with E-state index in [-0.39, 0.29) is 17.9 Å². The number of hydrogen-bond acceptors (Lipinski definition) is 4. The molecule has 2 aliphatic rings. The summed E-state index contributed by atoms with van der Waals surface area (Å²) in [5.41, 5.74) is 0. The van der Waals surface area contributed by atoms with E-state index in [2.05, 4.69) is 0 Å². The predicted molar refractivity (Wildman–Crippen MR) is 65.9 cm³/mol. The van der Waals surface area contributed by atoms with Crippen molar-refractivity contribution in [1.29, 1.82) is 0 Å². The Morgan fingerprint density at radius 1 is 1.11 bits per heavy atom. The van der Waals surface area contributed by atoms with Crippen molar-refractivity contribution in [2.24, 2.45) is 0 Å². The first-order chi connectivity index (χ1) is 8.56. The van der Waals surface area contributed by atoms with E-state index in [9.17, 15) is 14.7 Å². The second-order valence-electron chi connectivity index (χ2n) is 5.06. The molecule has 6 nitrogen and oxygen atoms in total. The van der Waals surface area contributed by atoms with Gasteiger partial charge in [0.15, 0.2) is 0 Å². The van der Waals surface area contributed by atoms with Crippen LogP contribution in [0.25, 0.3) is 0 Å². The van der Waals surface area contributed by atoms with Crippen LogP contribution < -0.4 is 0 Å². The molecular weight excluding hydrogens is 234 g/mol. The van der Waals surface area contributed by atoms with Gasteiger partial charge in [0.05, 0.1) is 12.6 Å². The Morgan fingerprint density at radius 2 is 1.72 bits per heavy atom. The van der Waals surface area contributed by atoms with E-state index >= 15 is 0 Å². The van der Waals surface area contributed by atoms with E-state index in [1.807, 2.05) is 9.80 Å². The van der Waals surface area contributed by atoms with Gasteiger partial charge in [0.1, 0.15) is 0 Å². The maximum atomic E-state index is 12.0. The summed E-state index contributed by atoms with van der Waals surface area (Å²) >= 11 is 0. The molecule has 1 atom stereocenters. The molecule has 1 unspecified atom stereocenters. The number of nitrogens with zero attached hydrogens (tertiary/aromatic N) is 3. The van der Waals surface area contributed by atoms with E-state index < -0.39 is 0 Å². The van der Waals surface area contributed by atoms with Crippen LogP contribution >= 0.6 is 0 Å². The minimum atomic E-state index is -0.285. The number of carbonyl (C=O) groups is 2. The van der Waals surface area contributed by atoms with Crippen molar-refractivity contribution < 1.29 is 14.7 Å². The van der Waals surface area contributed by atoms with Crippen LogP contribution in [0.15, 0.2) is 0 Å². The Labute approximate surface area is 107 Å². The highest BCUT2D eigenvalue weighted by atomic mass is 16.3. The van der Waals surface area contributed by atoms with Gasteiger partial charge in [-0.15, -0.1) is 0 Å². The Balaban J connectivity index is 1.75. The number of amides is 2. The molecule has 2 rings (SSSR count). The number of likely N-dealkylation sites (tertiary alicyclic amines) is 1. The third kappa shape index (κ3) is 3.20. The van der Waals surface area contributed by atoms with Crippen LogP contribution in [0.3, 0.4) is 0 Å². The molecule has 0 spiro atoms. The third-order valence-electron chi connectivity index (χ3n) is 3.68. The summed E-state index contributed by atoms with van der Waals surface area (Å²) in [7, 11) is 0. The number of β-amino-alcohol motifs (C(OH)–C–C–N with tert-alkyl or cyclic N) is 1. The molecule has 0 aromatic rings. The van der Waals surface area contributed by atoms with E-state index in [1.165, 1.54) is 0 Å². The summed E-state index contributed by atoms with van der Waals surface area (Å²) in [5, 5.41) is 9.41. The monoisotopic (exact) mass is 255 g/mol. The summed E-state index contributed by atoms with van der Waals surface area (Å²) < 4.78 is 0. The fourth-order valence-corrected chi connectivity index (χ4v) is 2.52. The largest absolute Gasteiger partial charge is 0.392 e. The molecule has 0 saturated carbocycles. The highest BCUT2D eigenvalue weighted by Crippen LogP contribution is 2.09. The van der Waals surface area contributed by atoms with Gasteiger partial charge in [0.25, 0.3) is 0 Å². The molecule has 0 aliphatic carbocycles. The van der Waals surface area contributed by atoms with Gasteiger partial charge in [-0.2, -0.15) is 0 Å². The van der Waals surface area contributed by atoms with Gasteiger partial charge in [-0.3, -0.25) is 14.5 Å². The fraction of sp³-hybridized carbons (Fsp3) is 0.833. The van der Waals surface area contributed by atoms with E-state index in [1.54, 1.807) is 11.8 Å². The zero-order valence-corrected chi connectivity index (χ0v) is 10.8. The van der Waals surface area contributed by atoms with Crippen molar-refractivity contribution >= 4 is 11.8 Å². The molecular formula is C12H21N3O3. The molecule has 18 heavy (non-hydrogen) atoms. The number of aliphatic hydroxyl groups excluding tert-OH is 1. The van der Waals surface area contributed by atoms with Crippen molar-refractivity contribution in [3.63, 3.8) is 0 Å². The minimum absolute atomic E-state index is 0.0739. The molecule has 0 aromatic heterocycles. The van der Waals surface area contributed by atoms with Gasteiger partial charge in [0, 0.05) is 46.2 Å². The van der Waals surface area contributed by atoms with E-state index in [4.69, 9.17) is 0 Å². The van der Waals surface area contributed by atoms with Crippen molar-refractivity contribution in [2.75, 3.05) is 45.8 Å². The lowest BCUT2D eigenvalue weighted by molar-refractivity contribution is -0.139. The first-order valence-corrected chi connectivity index (χ1v) is 6.50. The van der Waals surface area contributed by atoms with Crippen LogP contribution in [0.4, 0.5) is 0 Å². The zero-order chi connectivity index (χ0) is 13.1. The number of rotatable bonds is 2. The third-order valence-corrected chi connectivity index (χ3v) is 3.68. The molecule has 6 heteroatoms. The zero-order valence-electron chi connectivity index (χ0n) is 10.8. The molecule has 0 bridgehead atoms. The molecule has 2 saturated heterocycles. The molecule has 2 aliphatic heterocycles. The Kier molecular flexibility index (Phi) is 4.19. The van der Waals surface area contributed by atoms with Gasteiger partial charge in [0.2, 0.25) is 11.8 Å². The van der Waals surface area contributed by atoms with Gasteiger partial charge in [-0.25, -0.2) is 0 Å². The first-order valence-electron chi connectivity index (χ1n) is 6.50. The first kappa shape index (κ1) is 13.3. The standard InChI is InChI=1S/C12H21N3O3/c1-10(16)14-4-6-15(7-5-14)12(18)9-13-3-2-11(17)8-13/h11,17H,2-9H2,1H3. The molecule has 0 radical (unpaired) electrons. The molecule has 2 amide bonds. The van der Waals surface area contributed by atoms with Crippen molar-refractivity contribution in [2.45, 2.75) is 19.4 Å². The lowest BCUT2D eigenvalue weighted by Gasteiger charge is -2.35. The molecule has 2 heterocycles. The number of hydrogen-bond donors (Lipinski definition) is 1. The fourth-order valence-electron chi connectivity index (χ4n) is 2.52. The van der Waals surface area contributed by atoms with Crippen LogP contribution in [0.1, 0.15) is 13.3 Å². The Bertz CT molecular complexity index is 327. The Morgan fingerprint density at radius 3 is 2.22 bits per heavy atom. The highest BCUT2D eigenvalue weighted by molar-refractivity contribution is 5.79. The minimum Gasteiger partial charge on any atom is -0.392 e. The SMILES string of the molecule is CC(=O)N1CCN(C(=O)CN2CCC(O)C2)CC1. The molecule has 0 aromatic carbocycles. The lowest BCUT2D eigenvalue weighted by atomic mass is 10.3. The average Bonchev–Trinajstić information content (AvgIpc) is 2.75. The number of piperazine rings is 1. The van der Waals surface area contributed by atoms with Gasteiger partial charge < -0.3 is 14.9 Å². The summed E-state index contributed by atoms with van der Waals surface area (Å²) in [6.07, 6.45) is 0.470. The van der Waals surface area contributed by atoms with Crippen molar-refractivity contribution in [1.82, 2.24) is 14.7 Å². The van der Waals surface area contributed by atoms with Crippen LogP contribution in [-0.2, 0) is 9.59 Å². The maximum Gasteiger partial charge on any atom is 0.236 e. The molecule has 1 N–H and O–H groups in total. The van der Waals surface area contributed by atoms with Gasteiger partial charge >= 0.3 is 0 Å². The summed E-state index contributed by atoms with van der Waals surface area (Å²) in [4.78, 5) is 28.8. The second-order valence-corrected chi connectivity index (χ2v) is 5.06. The summed E-state index contributed by atoms with van der Waals surface area (Å²) in [6.45, 7) is 5.83. The Hall–Kier alpha value is -1.14. The topological polar surface area (TPSA) is 64.1 Å². The van der Waals surface area contributed by atoms with Crippen LogP contribution in [0.5, 0.6) is 0 Å². The van der Waals surface area contributed by atoms with Gasteiger partial charge in [-0.1, -0.05) is 0 Å². The van der Waals surface area contributed by atoms with E-state index in [0.29, 0.717) is 39.3 Å². The average molecular weight is 255 g/mol. The van der Waals surface area contributed by atoms with Crippen LogP contribution in [0.2, 0.25) is 0 Å². The quantitative estimate of drug-likeness (QED) is 0.669. The number of carbonyl (C=O) groups excluding carboxylic acids is 2. The normalized spacial score (nSPS) is 25.6. The van der Waals surface area contributed by atoms with Crippen LogP contribution in [-0.4, -0.2) is 83.5 Å². The van der Waals surface area contributed by atoms with Crippen molar-refractivity contribution in [3.8, 4) is 0 Å². The van der Waals surface area contributed by atoms with E-state index in [0.717, 1.165) is 13.0 Å². The van der Waals surface area contributed by atoms with Crippen molar-refractivity contribution in [3.05, 3.63) is 0 Å². The summed E-state index contributed by atoms with van der Waals surface area (Å²) in [6, 6.07) is 0. The molecule has 2 fully saturated rings. The predicted octanol–water partition coefficient (Wildman–Crippen LogP) is -1.26. The van der Waals surface area contributed by atoms with Crippen LogP contribution in [0, 0.1) is 0 Å². The highest BCUT2D eigenvalue weighted by Gasteiger charge is 2.26. The molecule has 102 valence electrons. The summed E-state index contributed by atoms with van der Waals surface area (Å²) in [5.74, 6) is 0.178. The number of aliphatic hydroxyl groups is 1. The maximum absolute atomic E-state index is 12.0. The lowest BCUT2D eigenvalue weighted by Crippen LogP contribution is -2.52.